The van der Waals surface area contributed by atoms with Crippen molar-refractivity contribution in [3.63, 3.8) is 0 Å². The minimum Gasteiger partial charge on any atom is -0.453 e. The molecule has 0 saturated carbocycles. The van der Waals surface area contributed by atoms with Gasteiger partial charge in [-0.15, -0.1) is 10.2 Å². The average Bonchev–Trinajstić information content (AvgIpc) is 3.43. The molecule has 5 nitrogen and oxygen atoms in total. The summed E-state index contributed by atoms with van der Waals surface area (Å²) in [6.07, 6.45) is 0.0622. The van der Waals surface area contributed by atoms with E-state index in [2.05, 4.69) is 10.2 Å². The summed E-state index contributed by atoms with van der Waals surface area (Å²) >= 11 is 1.56. The predicted molar refractivity (Wildman–Crippen MR) is 107 cm³/mol. The van der Waals surface area contributed by atoms with Gasteiger partial charge >= 0.3 is 5.97 Å². The number of benzene rings is 2. The number of esters is 1. The van der Waals surface area contributed by atoms with Crippen molar-refractivity contribution in [1.82, 2.24) is 10.2 Å². The summed E-state index contributed by atoms with van der Waals surface area (Å²) in [5.74, 6) is 0.582. The Labute approximate surface area is 166 Å². The van der Waals surface area contributed by atoms with Gasteiger partial charge in [0.1, 0.15) is 0 Å². The van der Waals surface area contributed by atoms with Crippen molar-refractivity contribution in [2.24, 2.45) is 0 Å². The smallest absolute Gasteiger partial charge is 0.307 e. The van der Waals surface area contributed by atoms with E-state index in [1.807, 2.05) is 77.5 Å². The number of hydrogen-bond acceptors (Lipinski definition) is 6. The zero-order valence-corrected chi connectivity index (χ0v) is 15.8. The van der Waals surface area contributed by atoms with Gasteiger partial charge in [0.2, 0.25) is 11.8 Å². The summed E-state index contributed by atoms with van der Waals surface area (Å²) in [5.41, 5.74) is 2.75. The fraction of sp³-hybridized carbons (Fsp3) is 0.136. The first-order valence-corrected chi connectivity index (χ1v) is 9.88. The number of thiophene rings is 1. The lowest BCUT2D eigenvalue weighted by Gasteiger charge is -2.18. The standard InChI is InChI=1S/C22H18N2O3S/c25-20(12-11-19-23-24-22(26-19)18-13-14-28-15-18)27-21(16-7-3-1-4-8-16)17-9-5-2-6-10-17/h1-10,13-15,21H,11-12H2. The van der Waals surface area contributed by atoms with Crippen LogP contribution in [0.3, 0.4) is 0 Å². The molecule has 0 aliphatic carbocycles. The van der Waals surface area contributed by atoms with E-state index in [0.717, 1.165) is 16.7 Å². The van der Waals surface area contributed by atoms with Gasteiger partial charge < -0.3 is 9.15 Å². The Kier molecular flexibility index (Phi) is 5.58. The molecule has 0 aliphatic rings. The van der Waals surface area contributed by atoms with Crippen molar-refractivity contribution >= 4 is 17.3 Å². The lowest BCUT2D eigenvalue weighted by atomic mass is 10.0. The maximum absolute atomic E-state index is 12.5. The second-order valence-electron chi connectivity index (χ2n) is 6.20. The number of aromatic nitrogens is 2. The highest BCUT2D eigenvalue weighted by atomic mass is 32.1. The fourth-order valence-corrected chi connectivity index (χ4v) is 3.47. The number of hydrogen-bond donors (Lipinski definition) is 0. The van der Waals surface area contributed by atoms with Crippen molar-refractivity contribution in [3.8, 4) is 11.5 Å². The second-order valence-corrected chi connectivity index (χ2v) is 6.98. The molecule has 0 bridgehead atoms. The van der Waals surface area contributed by atoms with Crippen molar-refractivity contribution in [2.45, 2.75) is 18.9 Å². The quantitative estimate of drug-likeness (QED) is 0.413. The van der Waals surface area contributed by atoms with Gasteiger partial charge in [-0.2, -0.15) is 11.3 Å². The number of aryl methyl sites for hydroxylation is 1. The lowest BCUT2D eigenvalue weighted by Crippen LogP contribution is -2.13. The van der Waals surface area contributed by atoms with Crippen LogP contribution in [0, 0.1) is 0 Å². The van der Waals surface area contributed by atoms with E-state index in [0.29, 0.717) is 18.2 Å². The molecule has 0 fully saturated rings. The molecule has 6 heteroatoms. The maximum atomic E-state index is 12.5. The molecule has 2 aromatic carbocycles. The van der Waals surface area contributed by atoms with Gasteiger partial charge in [0.25, 0.3) is 0 Å². The normalized spacial score (nSPS) is 10.9. The van der Waals surface area contributed by atoms with E-state index < -0.39 is 6.10 Å². The maximum Gasteiger partial charge on any atom is 0.307 e. The van der Waals surface area contributed by atoms with Crippen LogP contribution in [0.25, 0.3) is 11.5 Å². The molecule has 0 amide bonds. The number of ether oxygens (including phenoxy) is 1. The first kappa shape index (κ1) is 18.1. The molecular formula is C22H18N2O3S. The van der Waals surface area contributed by atoms with Gasteiger partial charge in [-0.1, -0.05) is 60.7 Å². The molecule has 0 saturated heterocycles. The van der Waals surface area contributed by atoms with E-state index in [1.165, 1.54) is 0 Å². The molecule has 0 unspecified atom stereocenters. The topological polar surface area (TPSA) is 65.2 Å². The van der Waals surface area contributed by atoms with E-state index in [4.69, 9.17) is 9.15 Å². The van der Waals surface area contributed by atoms with E-state index in [9.17, 15) is 4.79 Å². The third-order valence-electron chi connectivity index (χ3n) is 4.23. The third kappa shape index (κ3) is 4.35. The zero-order chi connectivity index (χ0) is 19.2. The predicted octanol–water partition coefficient (Wildman–Crippen LogP) is 5.06. The molecule has 0 spiro atoms. The van der Waals surface area contributed by atoms with Crippen molar-refractivity contribution in [3.05, 3.63) is 94.5 Å². The zero-order valence-electron chi connectivity index (χ0n) is 15.0. The average molecular weight is 390 g/mol. The van der Waals surface area contributed by atoms with Gasteiger partial charge in [0.05, 0.1) is 6.42 Å². The van der Waals surface area contributed by atoms with Crippen LogP contribution in [0.2, 0.25) is 0 Å². The van der Waals surface area contributed by atoms with E-state index in [-0.39, 0.29) is 12.4 Å². The molecule has 4 rings (SSSR count). The first-order chi connectivity index (χ1) is 13.8. The molecule has 0 N–H and O–H groups in total. The minimum absolute atomic E-state index is 0.168. The van der Waals surface area contributed by atoms with Crippen LogP contribution in [0.1, 0.15) is 29.5 Å². The molecule has 2 heterocycles. The van der Waals surface area contributed by atoms with Crippen LogP contribution < -0.4 is 0 Å². The fourth-order valence-electron chi connectivity index (χ4n) is 2.84. The summed E-state index contributed by atoms with van der Waals surface area (Å²) in [4.78, 5) is 12.5. The minimum atomic E-state index is -0.445. The number of carbonyl (C=O) groups excluding carboxylic acids is 1. The molecular weight excluding hydrogens is 372 g/mol. The Balaban J connectivity index is 1.42. The van der Waals surface area contributed by atoms with Crippen molar-refractivity contribution in [1.29, 1.82) is 0 Å². The van der Waals surface area contributed by atoms with Crippen LogP contribution in [0.15, 0.2) is 81.9 Å². The Morgan fingerprint density at radius 3 is 2.25 bits per heavy atom. The number of rotatable bonds is 7. The van der Waals surface area contributed by atoms with Crippen LogP contribution in [0.4, 0.5) is 0 Å². The van der Waals surface area contributed by atoms with Gasteiger partial charge in [-0.3, -0.25) is 4.79 Å². The number of carbonyl (C=O) groups is 1. The molecule has 4 aromatic rings. The summed E-state index contributed by atoms with van der Waals surface area (Å²) in [6.45, 7) is 0. The third-order valence-corrected chi connectivity index (χ3v) is 4.92. The SMILES string of the molecule is O=C(CCc1nnc(-c2ccsc2)o1)OC(c1ccccc1)c1ccccc1. The lowest BCUT2D eigenvalue weighted by molar-refractivity contribution is -0.147. The summed E-state index contributed by atoms with van der Waals surface area (Å²) in [6, 6.07) is 21.3. The molecule has 0 atom stereocenters. The molecule has 0 aliphatic heterocycles. The molecule has 0 radical (unpaired) electrons. The highest BCUT2D eigenvalue weighted by Crippen LogP contribution is 2.26. The largest absolute Gasteiger partial charge is 0.453 e. The molecule has 2 aromatic heterocycles. The highest BCUT2D eigenvalue weighted by Gasteiger charge is 2.19. The van der Waals surface area contributed by atoms with Gasteiger partial charge in [-0.05, 0) is 22.6 Å². The Morgan fingerprint density at radius 2 is 1.64 bits per heavy atom. The molecule has 28 heavy (non-hydrogen) atoms. The van der Waals surface area contributed by atoms with Crippen LogP contribution in [-0.2, 0) is 16.0 Å². The van der Waals surface area contributed by atoms with E-state index >= 15 is 0 Å². The van der Waals surface area contributed by atoms with Crippen LogP contribution in [0.5, 0.6) is 0 Å². The van der Waals surface area contributed by atoms with Gasteiger partial charge in [-0.25, -0.2) is 0 Å². The Morgan fingerprint density at radius 1 is 0.964 bits per heavy atom. The van der Waals surface area contributed by atoms with Crippen molar-refractivity contribution in [2.75, 3.05) is 0 Å². The van der Waals surface area contributed by atoms with Gasteiger partial charge in [0.15, 0.2) is 6.10 Å². The Bertz CT molecular complexity index is 975. The summed E-state index contributed by atoms with van der Waals surface area (Å²) in [5, 5.41) is 11.9. The van der Waals surface area contributed by atoms with Crippen LogP contribution >= 0.6 is 11.3 Å². The second kappa shape index (κ2) is 8.63. The van der Waals surface area contributed by atoms with Crippen molar-refractivity contribution < 1.29 is 13.9 Å². The number of nitrogens with zero attached hydrogens (tertiary/aromatic N) is 2. The highest BCUT2D eigenvalue weighted by molar-refractivity contribution is 7.08. The van der Waals surface area contributed by atoms with Gasteiger partial charge in [0, 0.05) is 17.4 Å². The monoisotopic (exact) mass is 390 g/mol. The Hall–Kier alpha value is -3.25. The first-order valence-electron chi connectivity index (χ1n) is 8.94. The van der Waals surface area contributed by atoms with Crippen LogP contribution in [-0.4, -0.2) is 16.2 Å². The molecule has 140 valence electrons. The van der Waals surface area contributed by atoms with E-state index in [1.54, 1.807) is 11.3 Å². The summed E-state index contributed by atoms with van der Waals surface area (Å²) < 4.78 is 11.4. The summed E-state index contributed by atoms with van der Waals surface area (Å²) in [7, 11) is 0.